The zero-order valence-electron chi connectivity index (χ0n) is 32.6. The minimum Gasteiger partial charge on any atom is -0.248 e. The summed E-state index contributed by atoms with van der Waals surface area (Å²) in [6.45, 7) is 0. The molecule has 3 aromatic heterocycles. The van der Waals surface area contributed by atoms with Gasteiger partial charge in [-0.1, -0.05) is 152 Å². The van der Waals surface area contributed by atoms with Crippen molar-refractivity contribution in [3.8, 4) is 101 Å². The van der Waals surface area contributed by atoms with E-state index in [1.54, 1.807) is 24.8 Å². The molecule has 0 radical (unpaired) electrons. The Hall–Kier alpha value is -8.15. The summed E-state index contributed by atoms with van der Waals surface area (Å²) < 4.78 is 0. The second kappa shape index (κ2) is 16.4. The number of nitrogens with zero attached hydrogens (tertiary/aromatic N) is 5. The fourth-order valence-electron chi connectivity index (χ4n) is 7.61. The summed E-state index contributed by atoms with van der Waals surface area (Å²) in [5.41, 5.74) is 17.3. The van der Waals surface area contributed by atoms with Crippen molar-refractivity contribution in [3.05, 3.63) is 225 Å². The van der Waals surface area contributed by atoms with Crippen molar-refractivity contribution < 1.29 is 0 Å². The normalized spacial score (nSPS) is 11.0. The predicted molar refractivity (Wildman–Crippen MR) is 244 cm³/mol. The van der Waals surface area contributed by atoms with Crippen molar-refractivity contribution in [2.45, 2.75) is 0 Å². The Morgan fingerprint density at radius 2 is 0.517 bits per heavy atom. The number of hydrogen-bond donors (Lipinski definition) is 0. The monoisotopic (exact) mass is 767 g/mol. The maximum atomic E-state index is 5.27. The zero-order chi connectivity index (χ0) is 40.1. The van der Waals surface area contributed by atoms with E-state index in [-0.39, 0.29) is 0 Å². The summed E-state index contributed by atoms with van der Waals surface area (Å²) in [5.74, 6) is 1.44. The smallest absolute Gasteiger partial charge is 0.159 e. The van der Waals surface area contributed by atoms with Crippen LogP contribution in [0.5, 0.6) is 0 Å². The minimum absolute atomic E-state index is 0.721. The SMILES string of the molecule is c1ccc(-c2cc(-c3cccc(-c4cccc(-c5ccc(-c6ncccn6)cc5)c4)c3)cc(-c3cccc(-c4cccc(-c5ccc(-c6ncccn6)cc5)c4)c3)n2)cc1. The summed E-state index contributed by atoms with van der Waals surface area (Å²) >= 11 is 0. The highest BCUT2D eigenvalue weighted by molar-refractivity contribution is 5.83. The van der Waals surface area contributed by atoms with Crippen LogP contribution < -0.4 is 0 Å². The molecule has 0 N–H and O–H groups in total. The molecule has 0 aliphatic carbocycles. The lowest BCUT2D eigenvalue weighted by Gasteiger charge is -2.13. The van der Waals surface area contributed by atoms with Crippen LogP contribution in [0.3, 0.4) is 0 Å². The van der Waals surface area contributed by atoms with Gasteiger partial charge < -0.3 is 0 Å². The first kappa shape index (κ1) is 36.2. The third kappa shape index (κ3) is 7.76. The number of rotatable bonds is 9. The van der Waals surface area contributed by atoms with Gasteiger partial charge in [-0.15, -0.1) is 0 Å². The van der Waals surface area contributed by atoms with Crippen LogP contribution in [0.2, 0.25) is 0 Å². The van der Waals surface area contributed by atoms with Crippen LogP contribution in [0.15, 0.2) is 225 Å². The number of pyridine rings is 1. The molecule has 5 heteroatoms. The highest BCUT2D eigenvalue weighted by Gasteiger charge is 2.13. The summed E-state index contributed by atoms with van der Waals surface area (Å²) in [6.07, 6.45) is 7.08. The molecule has 0 saturated heterocycles. The molecular formula is C55H37N5. The van der Waals surface area contributed by atoms with Gasteiger partial charge >= 0.3 is 0 Å². The van der Waals surface area contributed by atoms with Gasteiger partial charge in [-0.05, 0) is 104 Å². The lowest BCUT2D eigenvalue weighted by molar-refractivity contribution is 1.18. The Morgan fingerprint density at radius 3 is 0.950 bits per heavy atom. The molecule has 0 amide bonds. The molecule has 0 aliphatic rings. The van der Waals surface area contributed by atoms with E-state index in [1.807, 2.05) is 18.2 Å². The topological polar surface area (TPSA) is 64.5 Å². The Balaban J connectivity index is 0.973. The summed E-state index contributed by atoms with van der Waals surface area (Å²) in [7, 11) is 0. The van der Waals surface area contributed by atoms with E-state index in [0.29, 0.717) is 0 Å². The molecule has 0 saturated carbocycles. The van der Waals surface area contributed by atoms with Gasteiger partial charge in [0.2, 0.25) is 0 Å². The molecule has 0 fully saturated rings. The zero-order valence-corrected chi connectivity index (χ0v) is 32.6. The van der Waals surface area contributed by atoms with Crippen LogP contribution in [0.1, 0.15) is 0 Å². The minimum atomic E-state index is 0.721. The summed E-state index contributed by atoms with van der Waals surface area (Å²) in [4.78, 5) is 22.9. The van der Waals surface area contributed by atoms with Crippen molar-refractivity contribution in [3.63, 3.8) is 0 Å². The first-order valence-corrected chi connectivity index (χ1v) is 20.0. The molecule has 3 heterocycles. The average molecular weight is 768 g/mol. The Morgan fingerprint density at radius 1 is 0.200 bits per heavy atom. The molecular weight excluding hydrogens is 731 g/mol. The fourth-order valence-corrected chi connectivity index (χ4v) is 7.61. The van der Waals surface area contributed by atoms with Crippen molar-refractivity contribution in [1.82, 2.24) is 24.9 Å². The van der Waals surface area contributed by atoms with E-state index in [9.17, 15) is 0 Å². The van der Waals surface area contributed by atoms with E-state index in [1.165, 1.54) is 0 Å². The Bertz CT molecular complexity index is 2870. The molecule has 60 heavy (non-hydrogen) atoms. The Labute approximate surface area is 349 Å². The predicted octanol–water partition coefficient (Wildman–Crippen LogP) is 13.7. The lowest BCUT2D eigenvalue weighted by Crippen LogP contribution is -1.92. The molecule has 10 rings (SSSR count). The third-order valence-corrected chi connectivity index (χ3v) is 10.7. The fraction of sp³-hybridized carbons (Fsp3) is 0. The molecule has 282 valence electrons. The van der Waals surface area contributed by atoms with E-state index in [2.05, 4.69) is 202 Å². The van der Waals surface area contributed by atoms with Gasteiger partial charge in [-0.2, -0.15) is 0 Å². The average Bonchev–Trinajstić information content (AvgIpc) is 3.35. The van der Waals surface area contributed by atoms with Gasteiger partial charge in [-0.25, -0.2) is 24.9 Å². The quantitative estimate of drug-likeness (QED) is 0.146. The lowest BCUT2D eigenvalue weighted by atomic mass is 9.94. The first-order valence-electron chi connectivity index (χ1n) is 20.0. The molecule has 0 bridgehead atoms. The second-order valence-electron chi connectivity index (χ2n) is 14.6. The van der Waals surface area contributed by atoms with Crippen LogP contribution >= 0.6 is 0 Å². The van der Waals surface area contributed by atoms with Crippen LogP contribution in [0.4, 0.5) is 0 Å². The van der Waals surface area contributed by atoms with Crippen molar-refractivity contribution in [1.29, 1.82) is 0 Å². The van der Waals surface area contributed by atoms with Crippen molar-refractivity contribution in [2.75, 3.05) is 0 Å². The van der Waals surface area contributed by atoms with Gasteiger partial charge in [-0.3, -0.25) is 0 Å². The highest BCUT2D eigenvalue weighted by atomic mass is 14.9. The third-order valence-electron chi connectivity index (χ3n) is 10.7. The van der Waals surface area contributed by atoms with E-state index in [0.717, 1.165) is 101 Å². The number of hydrogen-bond acceptors (Lipinski definition) is 5. The summed E-state index contributed by atoms with van der Waals surface area (Å²) in [6, 6.07) is 70.3. The molecule has 10 aromatic rings. The molecule has 5 nitrogen and oxygen atoms in total. The number of aromatic nitrogens is 5. The maximum Gasteiger partial charge on any atom is 0.159 e. The molecule has 0 atom stereocenters. The second-order valence-corrected chi connectivity index (χ2v) is 14.6. The van der Waals surface area contributed by atoms with Crippen LogP contribution in [-0.4, -0.2) is 24.9 Å². The van der Waals surface area contributed by atoms with Crippen LogP contribution in [-0.2, 0) is 0 Å². The van der Waals surface area contributed by atoms with Crippen molar-refractivity contribution >= 4 is 0 Å². The number of benzene rings is 7. The molecule has 7 aromatic carbocycles. The largest absolute Gasteiger partial charge is 0.248 e. The van der Waals surface area contributed by atoms with Gasteiger partial charge in [0.15, 0.2) is 11.6 Å². The van der Waals surface area contributed by atoms with Crippen LogP contribution in [0, 0.1) is 0 Å². The van der Waals surface area contributed by atoms with Gasteiger partial charge in [0.25, 0.3) is 0 Å². The van der Waals surface area contributed by atoms with E-state index < -0.39 is 0 Å². The van der Waals surface area contributed by atoms with Gasteiger partial charge in [0.1, 0.15) is 0 Å². The van der Waals surface area contributed by atoms with Crippen molar-refractivity contribution in [2.24, 2.45) is 0 Å². The molecule has 0 spiro atoms. The van der Waals surface area contributed by atoms with E-state index in [4.69, 9.17) is 4.98 Å². The van der Waals surface area contributed by atoms with Gasteiger partial charge in [0, 0.05) is 47.0 Å². The Kier molecular flexibility index (Phi) is 9.88. The highest BCUT2D eigenvalue weighted by Crippen LogP contribution is 2.36. The molecule has 0 unspecified atom stereocenters. The van der Waals surface area contributed by atoms with E-state index >= 15 is 0 Å². The van der Waals surface area contributed by atoms with Crippen LogP contribution in [0.25, 0.3) is 101 Å². The molecule has 0 aliphatic heterocycles. The maximum absolute atomic E-state index is 5.27. The first-order chi connectivity index (χ1) is 29.7. The standard InChI is InChI=1S/C55H37N5/c1-2-10-40(11-3-1)52-36-51(49-18-6-16-47(34-49)45-14-4-12-43(32-45)38-20-24-41(25-21-38)54-56-28-8-29-57-54)37-53(60-52)50-19-7-17-48(35-50)46-15-5-13-44(33-46)39-22-26-42(27-23-39)55-58-30-9-31-59-55/h1-37H. The summed E-state index contributed by atoms with van der Waals surface area (Å²) in [5, 5.41) is 0. The van der Waals surface area contributed by atoms with Gasteiger partial charge in [0.05, 0.1) is 11.4 Å².